The standard InChI is InChI=1S/C21H21F3N6O.H2/c22-14-7-15(9-17(8-14)28-3-5-29(6-4-28)18-11-31-12-18)26-21-25-13-30(27-21)16-1-2-19(23)20(24)10-16;/h1-2,7-10,13,18H,3-6,11-12H2,(H,26,27);1H. The first-order chi connectivity index (χ1) is 15.0. The average molecular weight is 432 g/mol. The Hall–Kier alpha value is -3.11. The molecule has 0 aliphatic carbocycles. The number of anilines is 3. The molecule has 2 fully saturated rings. The largest absolute Gasteiger partial charge is 0.378 e. The van der Waals surface area contributed by atoms with Crippen molar-refractivity contribution in [2.45, 2.75) is 6.04 Å². The Labute approximate surface area is 178 Å². The molecular weight excluding hydrogens is 409 g/mol. The molecule has 2 saturated heterocycles. The first-order valence-electron chi connectivity index (χ1n) is 10.1. The third-order valence-corrected chi connectivity index (χ3v) is 5.61. The Kier molecular flexibility index (Phi) is 5.24. The summed E-state index contributed by atoms with van der Waals surface area (Å²) in [6.07, 6.45) is 1.37. The van der Waals surface area contributed by atoms with Crippen LogP contribution in [0.2, 0.25) is 0 Å². The van der Waals surface area contributed by atoms with Gasteiger partial charge >= 0.3 is 0 Å². The number of aromatic nitrogens is 3. The second kappa shape index (κ2) is 8.20. The number of hydrogen-bond donors (Lipinski definition) is 1. The van der Waals surface area contributed by atoms with Crippen LogP contribution in [0.3, 0.4) is 0 Å². The summed E-state index contributed by atoms with van der Waals surface area (Å²) in [5.74, 6) is -2.05. The van der Waals surface area contributed by atoms with Crippen LogP contribution in [0, 0.1) is 17.5 Å². The van der Waals surface area contributed by atoms with Crippen molar-refractivity contribution >= 4 is 17.3 Å². The Morgan fingerprint density at radius 2 is 1.74 bits per heavy atom. The molecule has 0 saturated carbocycles. The van der Waals surface area contributed by atoms with E-state index in [1.54, 1.807) is 0 Å². The van der Waals surface area contributed by atoms with E-state index in [1.807, 2.05) is 6.07 Å². The molecule has 2 aromatic carbocycles. The van der Waals surface area contributed by atoms with E-state index in [1.165, 1.54) is 29.2 Å². The molecule has 5 rings (SSSR count). The Balaban J connectivity index is 0.00000245. The van der Waals surface area contributed by atoms with Gasteiger partial charge in [-0.15, -0.1) is 5.10 Å². The Morgan fingerprint density at radius 3 is 2.45 bits per heavy atom. The van der Waals surface area contributed by atoms with Gasteiger partial charge in [-0.2, -0.15) is 4.98 Å². The van der Waals surface area contributed by atoms with Crippen LogP contribution in [0.1, 0.15) is 1.43 Å². The van der Waals surface area contributed by atoms with E-state index in [-0.39, 0.29) is 13.2 Å². The van der Waals surface area contributed by atoms with Crippen LogP contribution in [0.4, 0.5) is 30.5 Å². The second-order valence-corrected chi connectivity index (χ2v) is 7.65. The van der Waals surface area contributed by atoms with Gasteiger partial charge in [0.15, 0.2) is 11.6 Å². The molecule has 0 atom stereocenters. The van der Waals surface area contributed by atoms with Crippen molar-refractivity contribution in [1.82, 2.24) is 19.7 Å². The first kappa shape index (κ1) is 19.8. The van der Waals surface area contributed by atoms with Gasteiger partial charge < -0.3 is 15.0 Å². The van der Waals surface area contributed by atoms with Gasteiger partial charge in [-0.25, -0.2) is 17.9 Å². The number of benzene rings is 2. The minimum absolute atomic E-state index is 0. The Bertz CT molecular complexity index is 1090. The molecular formula is C21H23F3N6O. The highest BCUT2D eigenvalue weighted by Crippen LogP contribution is 2.26. The summed E-state index contributed by atoms with van der Waals surface area (Å²) in [5, 5.41) is 7.20. The summed E-state index contributed by atoms with van der Waals surface area (Å²) in [6, 6.07) is 8.68. The molecule has 0 unspecified atom stereocenters. The number of ether oxygens (including phenoxy) is 1. The van der Waals surface area contributed by atoms with Crippen LogP contribution in [-0.4, -0.2) is 65.1 Å². The SMILES string of the molecule is Fc1cc(Nc2ncn(-c3ccc(F)c(F)c3)n2)cc(N2CCN(C3COC3)CC2)c1.[HH]. The molecule has 0 radical (unpaired) electrons. The normalized spacial score (nSPS) is 17.6. The maximum atomic E-state index is 14.3. The van der Waals surface area contributed by atoms with E-state index >= 15 is 0 Å². The molecule has 1 N–H and O–H groups in total. The summed E-state index contributed by atoms with van der Waals surface area (Å²) in [5.41, 5.74) is 1.62. The minimum Gasteiger partial charge on any atom is -0.378 e. The number of hydrogen-bond acceptors (Lipinski definition) is 6. The quantitative estimate of drug-likeness (QED) is 0.668. The van der Waals surface area contributed by atoms with Gasteiger partial charge in [0.25, 0.3) is 0 Å². The summed E-state index contributed by atoms with van der Waals surface area (Å²) in [6.45, 7) is 5.02. The van der Waals surface area contributed by atoms with Crippen LogP contribution >= 0.6 is 0 Å². The summed E-state index contributed by atoms with van der Waals surface area (Å²) in [7, 11) is 0. The molecule has 164 valence electrons. The highest BCUT2D eigenvalue weighted by Gasteiger charge is 2.29. The summed E-state index contributed by atoms with van der Waals surface area (Å²) >= 11 is 0. The van der Waals surface area contributed by atoms with Crippen LogP contribution in [0.5, 0.6) is 0 Å². The van der Waals surface area contributed by atoms with Crippen LogP contribution in [-0.2, 0) is 4.74 Å². The summed E-state index contributed by atoms with van der Waals surface area (Å²) in [4.78, 5) is 8.69. The van der Waals surface area contributed by atoms with Crippen molar-refractivity contribution in [3.63, 3.8) is 0 Å². The smallest absolute Gasteiger partial charge is 0.246 e. The summed E-state index contributed by atoms with van der Waals surface area (Å²) < 4.78 is 47.5. The fourth-order valence-electron chi connectivity index (χ4n) is 3.81. The third kappa shape index (κ3) is 4.21. The highest BCUT2D eigenvalue weighted by molar-refractivity contribution is 5.62. The van der Waals surface area contributed by atoms with Crippen LogP contribution in [0.15, 0.2) is 42.7 Å². The minimum atomic E-state index is -0.970. The molecule has 3 heterocycles. The van der Waals surface area contributed by atoms with Gasteiger partial charge in [-0.3, -0.25) is 4.90 Å². The lowest BCUT2D eigenvalue weighted by Gasteiger charge is -2.43. The van der Waals surface area contributed by atoms with Crippen molar-refractivity contribution < 1.29 is 19.3 Å². The number of halogens is 3. The molecule has 2 aliphatic heterocycles. The zero-order valence-electron chi connectivity index (χ0n) is 16.6. The van der Waals surface area contributed by atoms with Crippen molar-refractivity contribution in [2.24, 2.45) is 0 Å². The van der Waals surface area contributed by atoms with Crippen LogP contribution < -0.4 is 10.2 Å². The highest BCUT2D eigenvalue weighted by atomic mass is 19.2. The molecule has 7 nitrogen and oxygen atoms in total. The Morgan fingerprint density at radius 1 is 0.935 bits per heavy atom. The monoisotopic (exact) mass is 432 g/mol. The maximum absolute atomic E-state index is 14.3. The van der Waals surface area contributed by atoms with Gasteiger partial charge in [0.05, 0.1) is 24.9 Å². The van der Waals surface area contributed by atoms with E-state index < -0.39 is 11.6 Å². The number of nitrogens with zero attached hydrogens (tertiary/aromatic N) is 5. The number of rotatable bonds is 5. The van der Waals surface area contributed by atoms with E-state index in [2.05, 4.69) is 25.2 Å². The van der Waals surface area contributed by atoms with Gasteiger partial charge in [0.1, 0.15) is 12.1 Å². The lowest BCUT2D eigenvalue weighted by Crippen LogP contribution is -2.56. The fraction of sp³-hybridized carbons (Fsp3) is 0.333. The molecule has 0 amide bonds. The second-order valence-electron chi connectivity index (χ2n) is 7.65. The maximum Gasteiger partial charge on any atom is 0.246 e. The van der Waals surface area contributed by atoms with E-state index in [9.17, 15) is 13.2 Å². The zero-order valence-corrected chi connectivity index (χ0v) is 16.6. The lowest BCUT2D eigenvalue weighted by atomic mass is 10.1. The van der Waals surface area contributed by atoms with Crippen molar-refractivity contribution in [1.29, 1.82) is 0 Å². The number of nitrogens with one attached hydrogen (secondary N) is 1. The molecule has 0 bridgehead atoms. The topological polar surface area (TPSA) is 58.5 Å². The molecule has 1 aromatic heterocycles. The zero-order chi connectivity index (χ0) is 21.4. The van der Waals surface area contributed by atoms with E-state index in [4.69, 9.17) is 4.74 Å². The van der Waals surface area contributed by atoms with Crippen LogP contribution in [0.25, 0.3) is 5.69 Å². The van der Waals surface area contributed by atoms with Crippen molar-refractivity contribution in [3.8, 4) is 5.69 Å². The van der Waals surface area contributed by atoms with Crippen molar-refractivity contribution in [3.05, 3.63) is 60.2 Å². The van der Waals surface area contributed by atoms with E-state index in [0.29, 0.717) is 17.4 Å². The van der Waals surface area contributed by atoms with E-state index in [0.717, 1.165) is 57.2 Å². The molecule has 10 heteroatoms. The molecule has 3 aromatic rings. The fourth-order valence-corrected chi connectivity index (χ4v) is 3.81. The molecule has 2 aliphatic rings. The third-order valence-electron chi connectivity index (χ3n) is 5.61. The molecule has 31 heavy (non-hydrogen) atoms. The number of piperazine rings is 1. The predicted molar refractivity (Wildman–Crippen MR) is 111 cm³/mol. The first-order valence-corrected chi connectivity index (χ1v) is 10.1. The predicted octanol–water partition coefficient (Wildman–Crippen LogP) is 3.20. The molecule has 0 spiro atoms. The lowest BCUT2D eigenvalue weighted by molar-refractivity contribution is -0.0660. The van der Waals surface area contributed by atoms with Gasteiger partial charge in [0.2, 0.25) is 5.95 Å². The van der Waals surface area contributed by atoms with Gasteiger partial charge in [-0.05, 0) is 30.3 Å². The van der Waals surface area contributed by atoms with Crippen molar-refractivity contribution in [2.75, 3.05) is 49.6 Å². The average Bonchev–Trinajstić information content (AvgIpc) is 3.17. The van der Waals surface area contributed by atoms with Gasteiger partial charge in [-0.1, -0.05) is 0 Å². The van der Waals surface area contributed by atoms with Gasteiger partial charge in [0, 0.05) is 45.0 Å².